The predicted octanol–water partition coefficient (Wildman–Crippen LogP) is 3.60. The number of carbonyl (C=O) groups excluding carboxylic acids is 3. The molecule has 7 nitrogen and oxygen atoms in total. The summed E-state index contributed by atoms with van der Waals surface area (Å²) in [5.74, 6) is -2.50. The quantitative estimate of drug-likeness (QED) is 0.621. The fraction of sp³-hybridized carbons (Fsp3) is 0.111. The number of para-hydroxylation sites is 2. The molecule has 0 unspecified atom stereocenters. The number of rotatable bonds is 4. The first-order valence-corrected chi connectivity index (χ1v) is 8.48. The van der Waals surface area contributed by atoms with Gasteiger partial charge in [0.1, 0.15) is 5.75 Å². The number of nitrogens with one attached hydrogen (secondary N) is 1. The molecule has 4 amide bonds. The molecule has 138 valence electrons. The lowest BCUT2D eigenvalue weighted by Gasteiger charge is -2.29. The van der Waals surface area contributed by atoms with Crippen molar-refractivity contribution in [1.29, 1.82) is 0 Å². The first-order chi connectivity index (χ1) is 12.9. The van der Waals surface area contributed by atoms with E-state index in [0.29, 0.717) is 21.5 Å². The zero-order valence-corrected chi connectivity index (χ0v) is 15.5. The second kappa shape index (κ2) is 7.77. The van der Waals surface area contributed by atoms with Gasteiger partial charge in [-0.2, -0.15) is 0 Å². The molecule has 2 aromatic rings. The van der Waals surface area contributed by atoms with Crippen LogP contribution in [0.4, 0.5) is 16.2 Å². The monoisotopic (exact) mass is 405 g/mol. The van der Waals surface area contributed by atoms with E-state index in [1.54, 1.807) is 18.2 Å². The Bertz CT molecular complexity index is 941. The molecule has 1 atom stereocenters. The third kappa shape index (κ3) is 3.94. The number of imide groups is 2. The van der Waals surface area contributed by atoms with Gasteiger partial charge in [-0.15, -0.1) is 0 Å². The zero-order valence-electron chi connectivity index (χ0n) is 14.0. The normalized spacial score (nSPS) is 17.4. The van der Waals surface area contributed by atoms with Crippen LogP contribution in [-0.2, 0) is 9.59 Å². The summed E-state index contributed by atoms with van der Waals surface area (Å²) < 4.78 is 5.19. The molecule has 0 spiro atoms. The van der Waals surface area contributed by atoms with Gasteiger partial charge in [0.25, 0.3) is 5.91 Å². The van der Waals surface area contributed by atoms with E-state index < -0.39 is 23.8 Å². The maximum Gasteiger partial charge on any atom is 0.335 e. The number of anilines is 1. The summed E-state index contributed by atoms with van der Waals surface area (Å²) in [6.07, 6.45) is 1.15. The van der Waals surface area contributed by atoms with Crippen molar-refractivity contribution >= 4 is 58.6 Å². The van der Waals surface area contributed by atoms with E-state index in [0.717, 1.165) is 11.1 Å². The highest BCUT2D eigenvalue weighted by atomic mass is 35.5. The van der Waals surface area contributed by atoms with Gasteiger partial charge in [-0.25, -0.2) is 9.69 Å². The van der Waals surface area contributed by atoms with Crippen LogP contribution in [0.5, 0.6) is 5.75 Å². The van der Waals surface area contributed by atoms with Crippen molar-refractivity contribution in [1.82, 2.24) is 5.32 Å². The van der Waals surface area contributed by atoms with Crippen LogP contribution < -0.4 is 15.0 Å². The summed E-state index contributed by atoms with van der Waals surface area (Å²) in [6.45, 7) is 0. The average Bonchev–Trinajstić information content (AvgIpc) is 2.61. The van der Waals surface area contributed by atoms with Crippen LogP contribution in [0.15, 0.2) is 47.5 Å². The largest absolute Gasteiger partial charge is 0.495 e. The SMILES string of the molecule is COc1ccccc1N1C(=O)NC(=O)[C@H](C=Nc2cc(Cl)cc(Cl)c2)C1=O. The third-order valence-electron chi connectivity index (χ3n) is 3.75. The summed E-state index contributed by atoms with van der Waals surface area (Å²) in [5, 5.41) is 2.87. The van der Waals surface area contributed by atoms with Gasteiger partial charge >= 0.3 is 6.03 Å². The van der Waals surface area contributed by atoms with Gasteiger partial charge in [-0.1, -0.05) is 35.3 Å². The van der Waals surface area contributed by atoms with Crippen LogP contribution in [0, 0.1) is 5.92 Å². The van der Waals surface area contributed by atoms with E-state index >= 15 is 0 Å². The molecule has 0 radical (unpaired) electrons. The molecule has 0 aromatic heterocycles. The number of benzene rings is 2. The smallest absolute Gasteiger partial charge is 0.335 e. The Kier molecular flexibility index (Phi) is 5.43. The Morgan fingerprint density at radius 2 is 1.78 bits per heavy atom. The highest BCUT2D eigenvalue weighted by Crippen LogP contribution is 2.30. The second-order valence-electron chi connectivity index (χ2n) is 5.52. The van der Waals surface area contributed by atoms with Crippen LogP contribution >= 0.6 is 23.2 Å². The summed E-state index contributed by atoms with van der Waals surface area (Å²) in [7, 11) is 1.41. The Morgan fingerprint density at radius 1 is 1.11 bits per heavy atom. The second-order valence-corrected chi connectivity index (χ2v) is 6.40. The molecule has 0 aliphatic carbocycles. The fourth-order valence-corrected chi connectivity index (χ4v) is 3.05. The molecular weight excluding hydrogens is 393 g/mol. The van der Waals surface area contributed by atoms with Gasteiger partial charge in [0.2, 0.25) is 5.91 Å². The molecular formula is C18H13Cl2N3O4. The summed E-state index contributed by atoms with van der Waals surface area (Å²) in [5.41, 5.74) is 0.591. The third-order valence-corrected chi connectivity index (χ3v) is 4.18. The maximum atomic E-state index is 12.8. The molecule has 1 fully saturated rings. The first-order valence-electron chi connectivity index (χ1n) is 7.73. The van der Waals surface area contributed by atoms with Gasteiger partial charge in [0.05, 0.1) is 18.5 Å². The topological polar surface area (TPSA) is 88.1 Å². The number of urea groups is 1. The number of barbiturate groups is 1. The maximum absolute atomic E-state index is 12.8. The first kappa shape index (κ1) is 18.9. The molecule has 3 rings (SSSR count). The van der Waals surface area contributed by atoms with Crippen LogP contribution in [0.3, 0.4) is 0 Å². The lowest BCUT2D eigenvalue weighted by molar-refractivity contribution is -0.131. The van der Waals surface area contributed by atoms with Crippen LogP contribution in [0.2, 0.25) is 10.0 Å². The Hall–Kier alpha value is -2.90. The van der Waals surface area contributed by atoms with E-state index in [1.807, 2.05) is 0 Å². The molecule has 1 aliphatic rings. The van der Waals surface area contributed by atoms with Crippen molar-refractivity contribution < 1.29 is 19.1 Å². The molecule has 1 heterocycles. The van der Waals surface area contributed by atoms with Crippen LogP contribution in [0.25, 0.3) is 0 Å². The van der Waals surface area contributed by atoms with E-state index in [1.165, 1.54) is 31.4 Å². The lowest BCUT2D eigenvalue weighted by Crippen LogP contribution is -2.58. The fourth-order valence-electron chi connectivity index (χ4n) is 2.54. The van der Waals surface area contributed by atoms with Gasteiger partial charge in [0, 0.05) is 16.3 Å². The molecule has 1 saturated heterocycles. The highest BCUT2D eigenvalue weighted by Gasteiger charge is 2.41. The summed E-state index contributed by atoms with van der Waals surface area (Å²) in [6, 6.07) is 10.2. The summed E-state index contributed by atoms with van der Waals surface area (Å²) >= 11 is 11.8. The standard InChI is InChI=1S/C18H13Cl2N3O4/c1-27-15-5-3-2-4-14(15)23-17(25)13(16(24)22-18(23)26)9-21-12-7-10(19)6-11(20)8-12/h2-9,13H,1H3,(H,22,24,26)/t13-/m0/s1. The molecule has 1 aliphatic heterocycles. The minimum absolute atomic E-state index is 0.221. The van der Waals surface area contributed by atoms with Gasteiger partial charge < -0.3 is 4.74 Å². The van der Waals surface area contributed by atoms with Gasteiger partial charge in [-0.3, -0.25) is 19.9 Å². The van der Waals surface area contributed by atoms with E-state index in [-0.39, 0.29) is 5.69 Å². The Morgan fingerprint density at radius 3 is 2.44 bits per heavy atom. The molecule has 9 heteroatoms. The van der Waals surface area contributed by atoms with Crippen molar-refractivity contribution in [3.05, 3.63) is 52.5 Å². The average molecular weight is 406 g/mol. The number of methoxy groups -OCH3 is 1. The minimum Gasteiger partial charge on any atom is -0.495 e. The molecule has 0 saturated carbocycles. The minimum atomic E-state index is -1.30. The highest BCUT2D eigenvalue weighted by molar-refractivity contribution is 6.35. The lowest BCUT2D eigenvalue weighted by atomic mass is 10.1. The number of hydrogen-bond acceptors (Lipinski definition) is 5. The van der Waals surface area contributed by atoms with Crippen molar-refractivity contribution in [2.24, 2.45) is 10.9 Å². The zero-order chi connectivity index (χ0) is 19.6. The van der Waals surface area contributed by atoms with E-state index in [4.69, 9.17) is 27.9 Å². The number of hydrogen-bond donors (Lipinski definition) is 1. The van der Waals surface area contributed by atoms with Crippen molar-refractivity contribution in [2.75, 3.05) is 12.0 Å². The van der Waals surface area contributed by atoms with Crippen molar-refractivity contribution in [3.63, 3.8) is 0 Å². The molecule has 27 heavy (non-hydrogen) atoms. The number of ether oxygens (including phenoxy) is 1. The number of nitrogens with zero attached hydrogens (tertiary/aromatic N) is 2. The van der Waals surface area contributed by atoms with Crippen molar-refractivity contribution in [2.45, 2.75) is 0 Å². The van der Waals surface area contributed by atoms with E-state index in [2.05, 4.69) is 10.3 Å². The van der Waals surface area contributed by atoms with Gasteiger partial charge in [-0.05, 0) is 30.3 Å². The Balaban J connectivity index is 1.94. The Labute approximate surface area is 164 Å². The number of carbonyl (C=O) groups is 3. The van der Waals surface area contributed by atoms with Crippen LogP contribution in [-0.4, -0.2) is 31.2 Å². The van der Waals surface area contributed by atoms with Gasteiger partial charge in [0.15, 0.2) is 5.92 Å². The van der Waals surface area contributed by atoms with Crippen molar-refractivity contribution in [3.8, 4) is 5.75 Å². The molecule has 1 N–H and O–H groups in total. The summed E-state index contributed by atoms with van der Waals surface area (Å²) in [4.78, 5) is 42.1. The number of amides is 4. The molecule has 2 aromatic carbocycles. The predicted molar refractivity (Wildman–Crippen MR) is 102 cm³/mol. The van der Waals surface area contributed by atoms with E-state index in [9.17, 15) is 14.4 Å². The molecule has 0 bridgehead atoms. The van der Waals surface area contributed by atoms with Crippen LogP contribution in [0.1, 0.15) is 0 Å². The number of aliphatic imine (C=N–C) groups is 1. The number of halogens is 2.